The van der Waals surface area contributed by atoms with Crippen LogP contribution in [0.25, 0.3) is 0 Å². The zero-order valence-corrected chi connectivity index (χ0v) is 17.5. The van der Waals surface area contributed by atoms with E-state index in [1.54, 1.807) is 6.07 Å². The fourth-order valence-electron chi connectivity index (χ4n) is 4.35. The largest absolute Gasteiger partial charge is 0.322 e. The van der Waals surface area contributed by atoms with E-state index >= 15 is 0 Å². The summed E-state index contributed by atoms with van der Waals surface area (Å²) in [6.07, 6.45) is 1.09. The van der Waals surface area contributed by atoms with Gasteiger partial charge in [0.25, 0.3) is 5.91 Å². The van der Waals surface area contributed by atoms with Gasteiger partial charge >= 0.3 is 0 Å². The average molecular weight is 435 g/mol. The third-order valence-electron chi connectivity index (χ3n) is 6.08. The highest BCUT2D eigenvalue weighted by molar-refractivity contribution is 7.92. The van der Waals surface area contributed by atoms with Crippen LogP contribution in [0.1, 0.15) is 40.7 Å². The molecule has 0 aliphatic carbocycles. The number of sulfone groups is 1. The second-order valence-corrected chi connectivity index (χ2v) is 10.4. The van der Waals surface area contributed by atoms with E-state index in [2.05, 4.69) is 16.0 Å². The highest BCUT2D eigenvalue weighted by Gasteiger charge is 2.39. The number of piperidine rings is 1. The molecule has 2 saturated heterocycles. The van der Waals surface area contributed by atoms with Crippen LogP contribution in [0.4, 0.5) is 0 Å². The van der Waals surface area contributed by atoms with E-state index in [4.69, 9.17) is 0 Å². The minimum atomic E-state index is -3.03. The number of nitrogens with zero attached hydrogens (tertiary/aromatic N) is 1. The molecule has 0 spiro atoms. The van der Waals surface area contributed by atoms with Crippen molar-refractivity contribution in [3.63, 3.8) is 0 Å². The second kappa shape index (κ2) is 8.44. The van der Waals surface area contributed by atoms with Crippen molar-refractivity contribution in [2.75, 3.05) is 25.4 Å². The molecule has 3 amide bonds. The summed E-state index contributed by atoms with van der Waals surface area (Å²) in [6, 6.07) is 4.88. The standard InChI is InChI=1S/C20H26N4O5S/c25-18-5-4-17(19(26)23-18)24-12-16-13(2-1-3-15(16)20(24)27)10-21-7-6-14-11-22-8-9-30(14,28)29/h1-3,14,17,21-22H,4-12H2,(H,23,25,26). The Morgan fingerprint density at radius 3 is 2.80 bits per heavy atom. The summed E-state index contributed by atoms with van der Waals surface area (Å²) in [6.45, 7) is 2.40. The number of hydrogen-bond acceptors (Lipinski definition) is 7. The first-order valence-electron chi connectivity index (χ1n) is 10.3. The first-order chi connectivity index (χ1) is 14.4. The van der Waals surface area contributed by atoms with Crippen molar-refractivity contribution in [1.29, 1.82) is 0 Å². The number of rotatable bonds is 6. The Hall–Kier alpha value is -2.30. The van der Waals surface area contributed by atoms with E-state index in [9.17, 15) is 22.8 Å². The van der Waals surface area contributed by atoms with E-state index in [0.717, 1.165) is 11.1 Å². The molecule has 2 fully saturated rings. The van der Waals surface area contributed by atoms with Gasteiger partial charge in [-0.25, -0.2) is 8.42 Å². The fraction of sp³-hybridized carbons (Fsp3) is 0.550. The number of carbonyl (C=O) groups excluding carboxylic acids is 3. The predicted molar refractivity (Wildman–Crippen MR) is 109 cm³/mol. The molecule has 0 aromatic heterocycles. The Morgan fingerprint density at radius 2 is 2.03 bits per heavy atom. The number of fused-ring (bicyclic) bond motifs is 1. The topological polar surface area (TPSA) is 125 Å². The molecule has 30 heavy (non-hydrogen) atoms. The van der Waals surface area contributed by atoms with Crippen LogP contribution in [0.5, 0.6) is 0 Å². The van der Waals surface area contributed by atoms with Crippen molar-refractivity contribution in [1.82, 2.24) is 20.9 Å². The maximum atomic E-state index is 12.9. The van der Waals surface area contributed by atoms with Crippen LogP contribution >= 0.6 is 0 Å². The zero-order valence-electron chi connectivity index (χ0n) is 16.6. The number of benzene rings is 1. The smallest absolute Gasteiger partial charge is 0.255 e. The number of imide groups is 1. The van der Waals surface area contributed by atoms with Crippen LogP contribution < -0.4 is 16.0 Å². The molecule has 0 saturated carbocycles. The molecule has 1 aromatic rings. The summed E-state index contributed by atoms with van der Waals surface area (Å²) >= 11 is 0. The highest BCUT2D eigenvalue weighted by atomic mass is 32.2. The van der Waals surface area contributed by atoms with Crippen LogP contribution in [0, 0.1) is 0 Å². The maximum absolute atomic E-state index is 12.9. The van der Waals surface area contributed by atoms with Crippen LogP contribution in [-0.4, -0.2) is 67.7 Å². The van der Waals surface area contributed by atoms with Crippen molar-refractivity contribution >= 4 is 27.6 Å². The van der Waals surface area contributed by atoms with Crippen molar-refractivity contribution in [3.8, 4) is 0 Å². The van der Waals surface area contributed by atoms with Crippen molar-refractivity contribution in [2.24, 2.45) is 0 Å². The normalized spacial score (nSPS) is 25.9. The van der Waals surface area contributed by atoms with Crippen LogP contribution in [0.15, 0.2) is 18.2 Å². The molecule has 0 radical (unpaired) electrons. The number of amides is 3. The maximum Gasteiger partial charge on any atom is 0.255 e. The Morgan fingerprint density at radius 1 is 1.20 bits per heavy atom. The minimum Gasteiger partial charge on any atom is -0.322 e. The molecule has 3 aliphatic heterocycles. The molecule has 10 heteroatoms. The fourth-order valence-corrected chi connectivity index (χ4v) is 5.97. The van der Waals surface area contributed by atoms with Gasteiger partial charge in [0.1, 0.15) is 6.04 Å². The summed E-state index contributed by atoms with van der Waals surface area (Å²) in [5.74, 6) is -0.738. The summed E-state index contributed by atoms with van der Waals surface area (Å²) in [5.41, 5.74) is 2.42. The van der Waals surface area contributed by atoms with Crippen molar-refractivity contribution < 1.29 is 22.8 Å². The molecule has 2 atom stereocenters. The Bertz CT molecular complexity index is 977. The summed E-state index contributed by atoms with van der Waals surface area (Å²) < 4.78 is 24.2. The molecule has 1 aromatic carbocycles. The van der Waals surface area contributed by atoms with E-state index in [1.807, 2.05) is 12.1 Å². The van der Waals surface area contributed by atoms with Crippen LogP contribution in [0.3, 0.4) is 0 Å². The lowest BCUT2D eigenvalue weighted by atomic mass is 10.0. The van der Waals surface area contributed by atoms with Gasteiger partial charge in [0.2, 0.25) is 11.8 Å². The first kappa shape index (κ1) is 21.0. The SMILES string of the molecule is O=C1CCC(N2Cc3c(CNCCC4CNCCS4(=O)=O)cccc3C2=O)C(=O)N1. The van der Waals surface area contributed by atoms with Gasteiger partial charge in [0, 0.05) is 38.2 Å². The molecule has 9 nitrogen and oxygen atoms in total. The van der Waals surface area contributed by atoms with Gasteiger partial charge in [-0.3, -0.25) is 19.7 Å². The van der Waals surface area contributed by atoms with Gasteiger partial charge in [-0.1, -0.05) is 12.1 Å². The van der Waals surface area contributed by atoms with E-state index in [0.29, 0.717) is 51.1 Å². The molecule has 2 unspecified atom stereocenters. The van der Waals surface area contributed by atoms with Crippen LogP contribution in [0.2, 0.25) is 0 Å². The van der Waals surface area contributed by atoms with Gasteiger partial charge in [0.15, 0.2) is 9.84 Å². The molecule has 3 aliphatic rings. The highest BCUT2D eigenvalue weighted by Crippen LogP contribution is 2.29. The predicted octanol–water partition coefficient (Wildman–Crippen LogP) is -0.686. The zero-order chi connectivity index (χ0) is 21.3. The second-order valence-electron chi connectivity index (χ2n) is 8.00. The van der Waals surface area contributed by atoms with Gasteiger partial charge in [-0.05, 0) is 36.6 Å². The Balaban J connectivity index is 1.38. The lowest BCUT2D eigenvalue weighted by Gasteiger charge is -2.29. The van der Waals surface area contributed by atoms with Gasteiger partial charge in [-0.15, -0.1) is 0 Å². The average Bonchev–Trinajstić information content (AvgIpc) is 3.03. The van der Waals surface area contributed by atoms with Gasteiger partial charge < -0.3 is 15.5 Å². The number of nitrogens with one attached hydrogen (secondary N) is 3. The molecule has 3 N–H and O–H groups in total. The van der Waals surface area contributed by atoms with E-state index in [1.165, 1.54) is 4.90 Å². The Kier molecular flexibility index (Phi) is 5.90. The minimum absolute atomic E-state index is 0.183. The molecular weight excluding hydrogens is 408 g/mol. The summed E-state index contributed by atoms with van der Waals surface area (Å²) in [4.78, 5) is 38.0. The lowest BCUT2D eigenvalue weighted by molar-refractivity contribution is -0.136. The molecule has 162 valence electrons. The van der Waals surface area contributed by atoms with Gasteiger partial charge in [-0.2, -0.15) is 0 Å². The molecule has 3 heterocycles. The lowest BCUT2D eigenvalue weighted by Crippen LogP contribution is -2.52. The molecule has 0 bridgehead atoms. The number of hydrogen-bond donors (Lipinski definition) is 3. The van der Waals surface area contributed by atoms with Gasteiger partial charge in [0.05, 0.1) is 11.0 Å². The Labute approximate surface area is 175 Å². The van der Waals surface area contributed by atoms with E-state index < -0.39 is 21.8 Å². The number of carbonyl (C=O) groups is 3. The van der Waals surface area contributed by atoms with E-state index in [-0.39, 0.29) is 29.2 Å². The monoisotopic (exact) mass is 434 g/mol. The quantitative estimate of drug-likeness (QED) is 0.400. The van der Waals surface area contributed by atoms with Crippen molar-refractivity contribution in [2.45, 2.75) is 43.6 Å². The first-order valence-corrected chi connectivity index (χ1v) is 12.0. The van der Waals surface area contributed by atoms with Crippen molar-refractivity contribution in [3.05, 3.63) is 34.9 Å². The third-order valence-corrected chi connectivity index (χ3v) is 8.27. The summed E-state index contributed by atoms with van der Waals surface area (Å²) in [5, 5.41) is 8.36. The third kappa shape index (κ3) is 4.12. The summed E-state index contributed by atoms with van der Waals surface area (Å²) in [7, 11) is -3.03. The van der Waals surface area contributed by atoms with Crippen LogP contribution in [-0.2, 0) is 32.5 Å². The molecular formula is C20H26N4O5S. The molecule has 4 rings (SSSR count).